The quantitative estimate of drug-likeness (QED) is 0.0778. The van der Waals surface area contributed by atoms with Gasteiger partial charge in [0.25, 0.3) is 0 Å². The van der Waals surface area contributed by atoms with Crippen LogP contribution in [0.1, 0.15) is 65.2 Å². The van der Waals surface area contributed by atoms with E-state index >= 15 is 0 Å². The van der Waals surface area contributed by atoms with Gasteiger partial charge in [-0.05, 0) is 25.0 Å². The van der Waals surface area contributed by atoms with E-state index in [9.17, 15) is 84.2 Å². The van der Waals surface area contributed by atoms with Gasteiger partial charge < -0.3 is 14.2 Å². The van der Waals surface area contributed by atoms with Gasteiger partial charge in [-0.1, -0.05) is 52.4 Å². The Kier molecular flexibility index (Phi) is 16.0. The minimum absolute atomic E-state index is 0.114. The van der Waals surface area contributed by atoms with Crippen molar-refractivity contribution in [1.82, 2.24) is 0 Å². The molecule has 0 saturated carbocycles. The third-order valence-electron chi connectivity index (χ3n) is 6.91. The predicted molar refractivity (Wildman–Crippen MR) is 150 cm³/mol. The maximum Gasteiger partial charge on any atom is 0.460 e. The maximum absolute atomic E-state index is 14.4. The first-order valence-corrected chi connectivity index (χ1v) is 15.2. The summed E-state index contributed by atoms with van der Waals surface area (Å²) in [6.07, 6.45) is -5.13. The molecule has 0 spiro atoms. The topological polar surface area (TPSA) is 85.9 Å². The highest BCUT2D eigenvalue weighted by molar-refractivity contribution is 5.95. The van der Waals surface area contributed by atoms with E-state index < -0.39 is 82.9 Å². The van der Waals surface area contributed by atoms with E-state index in [4.69, 9.17) is 9.47 Å². The van der Waals surface area contributed by atoms with Crippen LogP contribution in [0.25, 0.3) is 0 Å². The van der Waals surface area contributed by atoms with Crippen LogP contribution in [0.5, 0.6) is 5.75 Å². The Hall–Kier alpha value is -3.89. The number of carbonyl (C=O) groups is 2. The van der Waals surface area contributed by atoms with Crippen LogP contribution in [0.3, 0.4) is 0 Å². The number of benzene rings is 1. The highest BCUT2D eigenvalue weighted by atomic mass is 19.4. The van der Waals surface area contributed by atoms with Crippen LogP contribution < -0.4 is 15.4 Å². The van der Waals surface area contributed by atoms with Crippen molar-refractivity contribution in [3.05, 3.63) is 30.0 Å². The monoisotopic (exact) mass is 810 g/mol. The fraction of sp³-hybridized carbons (Fsp3) is 0.655. The third-order valence-corrected chi connectivity index (χ3v) is 6.91. The number of hydrogen-bond donors (Lipinski definition) is 2. The summed E-state index contributed by atoms with van der Waals surface area (Å²) in [5.41, 5.74) is -1.19. The molecule has 0 bridgehead atoms. The SMILES string of the molecule is CCCCCCOC(=O)Nc1ccc(OC(F)=C(F)C(F)(F)C(F)(F)C(F)(F)C(F)(F)C(F)(F)C(F)(F)C(F)(F)F)cc1NC(=O)OCCCCCC. The van der Waals surface area contributed by atoms with E-state index in [0.717, 1.165) is 25.7 Å². The molecule has 2 N–H and O–H groups in total. The number of amides is 2. The van der Waals surface area contributed by atoms with Gasteiger partial charge in [-0.3, -0.25) is 10.6 Å². The molecule has 306 valence electrons. The van der Waals surface area contributed by atoms with Gasteiger partial charge in [0.2, 0.25) is 5.83 Å². The Morgan fingerprint density at radius 3 is 1.42 bits per heavy atom. The summed E-state index contributed by atoms with van der Waals surface area (Å²) in [5, 5.41) is 4.03. The van der Waals surface area contributed by atoms with Gasteiger partial charge >= 0.3 is 59.9 Å². The number of anilines is 2. The summed E-state index contributed by atoms with van der Waals surface area (Å²) in [6.45, 7) is 3.45. The van der Waals surface area contributed by atoms with Gasteiger partial charge in [-0.2, -0.15) is 74.6 Å². The van der Waals surface area contributed by atoms with Crippen molar-refractivity contribution in [2.45, 2.75) is 107 Å². The zero-order valence-electron chi connectivity index (χ0n) is 27.3. The number of allylic oxidation sites excluding steroid dienone is 1. The molecule has 0 aromatic heterocycles. The standard InChI is InChI=1S/C29H31F17N2O5/c1-3-5-7-9-13-51-21(49)47-17-12-11-16(15-18(17)48-22(50)52-14-10-8-6-4-2)53-20(31)19(30)23(32,33)24(34,35)25(36,37)26(38,39)27(40,41)28(42,43)29(44,45)46/h11-12,15H,3-10,13-14H2,1-2H3,(H,47,49)(H,48,50). The molecule has 1 rings (SSSR count). The van der Waals surface area contributed by atoms with Crippen LogP contribution in [0, 0.1) is 0 Å². The molecule has 0 fully saturated rings. The molecule has 24 heteroatoms. The molecule has 1 aromatic rings. The van der Waals surface area contributed by atoms with E-state index in [1.54, 1.807) is 0 Å². The second kappa shape index (κ2) is 18.0. The molecule has 0 aliphatic heterocycles. The molecule has 2 amide bonds. The summed E-state index contributed by atoms with van der Waals surface area (Å²) in [6, 6.07) is -2.32. The van der Waals surface area contributed by atoms with E-state index in [2.05, 4.69) is 10.1 Å². The van der Waals surface area contributed by atoms with Gasteiger partial charge in [-0.25, -0.2) is 9.59 Å². The van der Waals surface area contributed by atoms with E-state index in [0.29, 0.717) is 43.9 Å². The predicted octanol–water partition coefficient (Wildman–Crippen LogP) is 11.8. The molecular formula is C29H31F17N2O5. The minimum Gasteiger partial charge on any atom is -0.449 e. The zero-order valence-corrected chi connectivity index (χ0v) is 27.3. The Labute approximate surface area is 289 Å². The molecule has 0 aliphatic rings. The molecule has 53 heavy (non-hydrogen) atoms. The molecule has 0 aliphatic carbocycles. The first-order chi connectivity index (χ1) is 24.1. The molecule has 0 atom stereocenters. The molecule has 0 saturated heterocycles. The van der Waals surface area contributed by atoms with Crippen molar-refractivity contribution in [1.29, 1.82) is 0 Å². The highest BCUT2D eigenvalue weighted by Crippen LogP contribution is 2.63. The van der Waals surface area contributed by atoms with Crippen LogP contribution >= 0.6 is 0 Å². The molecular weight excluding hydrogens is 779 g/mol. The van der Waals surface area contributed by atoms with Gasteiger partial charge in [0.1, 0.15) is 5.75 Å². The smallest absolute Gasteiger partial charge is 0.449 e. The van der Waals surface area contributed by atoms with Gasteiger partial charge in [-0.15, -0.1) is 0 Å². The molecule has 0 unspecified atom stereocenters. The largest absolute Gasteiger partial charge is 0.460 e. The summed E-state index contributed by atoms with van der Waals surface area (Å²) in [7, 11) is 0. The second-order valence-corrected chi connectivity index (χ2v) is 11.0. The van der Waals surface area contributed by atoms with Gasteiger partial charge in [0, 0.05) is 6.07 Å². The van der Waals surface area contributed by atoms with Crippen molar-refractivity contribution < 1.29 is 98.4 Å². The van der Waals surface area contributed by atoms with Crippen molar-refractivity contribution in [2.24, 2.45) is 0 Å². The number of hydrogen-bond acceptors (Lipinski definition) is 5. The fourth-order valence-corrected chi connectivity index (χ4v) is 3.85. The lowest BCUT2D eigenvalue weighted by atomic mass is 9.91. The first kappa shape index (κ1) is 47.1. The van der Waals surface area contributed by atoms with Crippen molar-refractivity contribution >= 4 is 23.6 Å². The third kappa shape index (κ3) is 10.4. The molecule has 0 radical (unpaired) electrons. The number of unbranched alkanes of at least 4 members (excludes halogenated alkanes) is 6. The van der Waals surface area contributed by atoms with E-state index in [1.807, 2.05) is 19.2 Å². The van der Waals surface area contributed by atoms with Crippen LogP contribution in [0.2, 0.25) is 0 Å². The number of halogens is 17. The summed E-state index contributed by atoms with van der Waals surface area (Å²) >= 11 is 0. The van der Waals surface area contributed by atoms with Crippen LogP contribution in [0.4, 0.5) is 95.6 Å². The van der Waals surface area contributed by atoms with E-state index in [1.165, 1.54) is 0 Å². The van der Waals surface area contributed by atoms with Crippen LogP contribution in [-0.2, 0) is 9.47 Å². The average Bonchev–Trinajstić information content (AvgIpc) is 3.04. The highest BCUT2D eigenvalue weighted by Gasteiger charge is 2.94. The fourth-order valence-electron chi connectivity index (χ4n) is 3.85. The number of nitrogens with one attached hydrogen (secondary N) is 2. The minimum atomic E-state index is -8.73. The average molecular weight is 811 g/mol. The Morgan fingerprint density at radius 1 is 0.566 bits per heavy atom. The van der Waals surface area contributed by atoms with Gasteiger partial charge in [0.05, 0.1) is 24.6 Å². The summed E-state index contributed by atoms with van der Waals surface area (Å²) in [4.78, 5) is 24.5. The Morgan fingerprint density at radius 2 is 0.981 bits per heavy atom. The maximum atomic E-state index is 14.4. The molecule has 0 heterocycles. The zero-order chi connectivity index (χ0) is 41.3. The van der Waals surface area contributed by atoms with Crippen LogP contribution in [-0.4, -0.2) is 67.1 Å². The number of ether oxygens (including phenoxy) is 3. The van der Waals surface area contributed by atoms with Crippen molar-refractivity contribution in [2.75, 3.05) is 23.8 Å². The normalized spacial score (nSPS) is 14.0. The molecule has 7 nitrogen and oxygen atoms in total. The van der Waals surface area contributed by atoms with Crippen molar-refractivity contribution in [3.63, 3.8) is 0 Å². The van der Waals surface area contributed by atoms with E-state index in [-0.39, 0.29) is 13.2 Å². The summed E-state index contributed by atoms with van der Waals surface area (Å²) in [5.74, 6) is -56.3. The lowest BCUT2D eigenvalue weighted by Crippen LogP contribution is -2.72. The molecule has 1 aromatic carbocycles. The first-order valence-electron chi connectivity index (χ1n) is 15.2. The number of rotatable bonds is 20. The lowest BCUT2D eigenvalue weighted by molar-refractivity contribution is -0.451. The Bertz CT molecular complexity index is 1420. The number of carbonyl (C=O) groups excluding carboxylic acids is 2. The van der Waals surface area contributed by atoms with Gasteiger partial charge in [0.15, 0.2) is 0 Å². The summed E-state index contributed by atoms with van der Waals surface area (Å²) < 4.78 is 244. The lowest BCUT2D eigenvalue weighted by Gasteiger charge is -2.41. The van der Waals surface area contributed by atoms with Crippen molar-refractivity contribution in [3.8, 4) is 5.75 Å². The second-order valence-electron chi connectivity index (χ2n) is 11.0. The number of alkyl halides is 15. The van der Waals surface area contributed by atoms with Crippen LogP contribution in [0.15, 0.2) is 30.0 Å². The Balaban J connectivity index is 3.50.